The first kappa shape index (κ1) is 12.2. The van der Waals surface area contributed by atoms with Crippen LogP contribution in [-0.2, 0) is 4.79 Å². The van der Waals surface area contributed by atoms with Crippen LogP contribution in [-0.4, -0.2) is 10.8 Å². The summed E-state index contributed by atoms with van der Waals surface area (Å²) in [6.45, 7) is 6.45. The molecule has 1 aliphatic carbocycles. The van der Waals surface area contributed by atoms with Crippen molar-refractivity contribution in [1.29, 1.82) is 0 Å². The Morgan fingerprint density at radius 3 is 2.58 bits per heavy atom. The monoisotopic (exact) mass is 253 g/mol. The van der Waals surface area contributed by atoms with Crippen molar-refractivity contribution in [3.05, 3.63) is 41.6 Å². The molecule has 19 heavy (non-hydrogen) atoms. The van der Waals surface area contributed by atoms with Crippen molar-refractivity contribution in [1.82, 2.24) is 4.98 Å². The Kier molecular flexibility index (Phi) is 2.63. The summed E-state index contributed by atoms with van der Waals surface area (Å²) in [5.74, 6) is 0.240. The Labute approximate surface area is 113 Å². The molecule has 1 aromatic carbocycles. The number of hydrogen-bond acceptors (Lipinski definition) is 1. The van der Waals surface area contributed by atoms with Gasteiger partial charge in [0.05, 0.1) is 0 Å². The van der Waals surface area contributed by atoms with Crippen LogP contribution in [0.25, 0.3) is 16.5 Å². The standard InChI is InChI=1S/C17H19NO/c1-11-14-6-4-5-7-15(14)18-16(11)12-8-13(19)10-17(2,3)9-12/h4-8,18H,9-10H2,1-3H3. The first-order chi connectivity index (χ1) is 8.96. The van der Waals surface area contributed by atoms with E-state index in [4.69, 9.17) is 0 Å². The van der Waals surface area contributed by atoms with Gasteiger partial charge in [-0.15, -0.1) is 0 Å². The predicted molar refractivity (Wildman–Crippen MR) is 79.0 cm³/mol. The molecule has 3 rings (SSSR count). The Bertz CT molecular complexity index is 688. The molecule has 0 radical (unpaired) electrons. The SMILES string of the molecule is Cc1c(C2=CC(=O)CC(C)(C)C2)[nH]c2ccccc12. The van der Waals surface area contributed by atoms with Crippen LogP contribution in [0.15, 0.2) is 30.3 Å². The average Bonchev–Trinajstić information content (AvgIpc) is 2.65. The van der Waals surface area contributed by atoms with Gasteiger partial charge in [0.15, 0.2) is 5.78 Å². The molecule has 0 bridgehead atoms. The molecule has 0 saturated carbocycles. The van der Waals surface area contributed by atoms with Crippen LogP contribution in [0.3, 0.4) is 0 Å². The van der Waals surface area contributed by atoms with Gasteiger partial charge < -0.3 is 4.98 Å². The highest BCUT2D eigenvalue weighted by atomic mass is 16.1. The zero-order valence-electron chi connectivity index (χ0n) is 11.7. The molecule has 1 aliphatic rings. The second-order valence-electron chi connectivity index (χ2n) is 6.32. The van der Waals surface area contributed by atoms with Gasteiger partial charge in [0.25, 0.3) is 0 Å². The van der Waals surface area contributed by atoms with E-state index in [2.05, 4.69) is 44.0 Å². The molecule has 2 nitrogen and oxygen atoms in total. The minimum atomic E-state index is 0.0604. The molecule has 0 fully saturated rings. The van der Waals surface area contributed by atoms with Crippen molar-refractivity contribution in [3.63, 3.8) is 0 Å². The number of allylic oxidation sites excluding steroid dienone is 2. The molecule has 2 aromatic rings. The van der Waals surface area contributed by atoms with E-state index in [0.717, 1.165) is 23.2 Å². The van der Waals surface area contributed by atoms with E-state index in [1.807, 2.05) is 12.1 Å². The Morgan fingerprint density at radius 1 is 1.16 bits per heavy atom. The zero-order chi connectivity index (χ0) is 13.6. The van der Waals surface area contributed by atoms with Gasteiger partial charge in [0.1, 0.15) is 0 Å². The van der Waals surface area contributed by atoms with Gasteiger partial charge >= 0.3 is 0 Å². The summed E-state index contributed by atoms with van der Waals surface area (Å²) in [6, 6.07) is 8.30. The highest BCUT2D eigenvalue weighted by Crippen LogP contribution is 2.39. The van der Waals surface area contributed by atoms with E-state index in [-0.39, 0.29) is 11.2 Å². The number of H-pyrrole nitrogens is 1. The molecule has 1 N–H and O–H groups in total. The number of ketones is 1. The molecule has 0 saturated heterocycles. The summed E-state index contributed by atoms with van der Waals surface area (Å²) >= 11 is 0. The van der Waals surface area contributed by atoms with Gasteiger partial charge in [-0.05, 0) is 42.0 Å². The smallest absolute Gasteiger partial charge is 0.156 e. The van der Waals surface area contributed by atoms with Crippen LogP contribution < -0.4 is 0 Å². The van der Waals surface area contributed by atoms with E-state index in [1.165, 1.54) is 10.9 Å². The molecule has 0 amide bonds. The van der Waals surface area contributed by atoms with Crippen molar-refractivity contribution < 1.29 is 4.79 Å². The number of para-hydroxylation sites is 1. The molecule has 1 aromatic heterocycles. The third-order valence-corrected chi connectivity index (χ3v) is 3.94. The molecule has 0 aliphatic heterocycles. The number of aromatic amines is 1. The second kappa shape index (κ2) is 4.09. The highest BCUT2D eigenvalue weighted by molar-refractivity contribution is 6.00. The van der Waals surface area contributed by atoms with Crippen molar-refractivity contribution >= 4 is 22.3 Å². The molecule has 2 heteroatoms. The number of carbonyl (C=O) groups excluding carboxylic acids is 1. The lowest BCUT2D eigenvalue weighted by Gasteiger charge is -2.28. The Balaban J connectivity index is 2.14. The van der Waals surface area contributed by atoms with Crippen LogP contribution in [0, 0.1) is 12.3 Å². The normalized spacial score (nSPS) is 18.7. The van der Waals surface area contributed by atoms with Gasteiger partial charge in [0.2, 0.25) is 0 Å². The minimum Gasteiger partial charge on any atom is -0.355 e. The number of nitrogens with one attached hydrogen (secondary N) is 1. The maximum Gasteiger partial charge on any atom is 0.156 e. The summed E-state index contributed by atoms with van der Waals surface area (Å²) < 4.78 is 0. The van der Waals surface area contributed by atoms with Crippen LogP contribution in [0.2, 0.25) is 0 Å². The molecule has 98 valence electrons. The quantitative estimate of drug-likeness (QED) is 0.809. The summed E-state index contributed by atoms with van der Waals surface area (Å²) in [5.41, 5.74) is 4.72. The van der Waals surface area contributed by atoms with Crippen molar-refractivity contribution in [3.8, 4) is 0 Å². The molecule has 0 spiro atoms. The zero-order valence-corrected chi connectivity index (χ0v) is 11.7. The van der Waals surface area contributed by atoms with E-state index in [9.17, 15) is 4.79 Å². The fraction of sp³-hybridized carbons (Fsp3) is 0.353. The van der Waals surface area contributed by atoms with Crippen LogP contribution in [0.5, 0.6) is 0 Å². The lowest BCUT2D eigenvalue weighted by atomic mass is 9.76. The number of aromatic nitrogens is 1. The molecule has 0 unspecified atom stereocenters. The summed E-state index contributed by atoms with van der Waals surface area (Å²) in [5, 5.41) is 1.24. The van der Waals surface area contributed by atoms with Crippen molar-refractivity contribution in [2.75, 3.05) is 0 Å². The number of fused-ring (bicyclic) bond motifs is 1. The summed E-state index contributed by atoms with van der Waals surface area (Å²) in [6.07, 6.45) is 3.42. The number of rotatable bonds is 1. The lowest BCUT2D eigenvalue weighted by Crippen LogP contribution is -2.21. The van der Waals surface area contributed by atoms with E-state index in [0.29, 0.717) is 6.42 Å². The van der Waals surface area contributed by atoms with Gasteiger partial charge in [-0.1, -0.05) is 32.0 Å². The van der Waals surface area contributed by atoms with Gasteiger partial charge in [-0.3, -0.25) is 4.79 Å². The third kappa shape index (κ3) is 2.12. The van der Waals surface area contributed by atoms with Crippen LogP contribution in [0.1, 0.15) is 37.9 Å². The van der Waals surface area contributed by atoms with Crippen LogP contribution in [0.4, 0.5) is 0 Å². The van der Waals surface area contributed by atoms with Gasteiger partial charge in [-0.25, -0.2) is 0 Å². The number of aryl methyl sites for hydroxylation is 1. The summed E-state index contributed by atoms with van der Waals surface area (Å²) in [7, 11) is 0. The van der Waals surface area contributed by atoms with Gasteiger partial charge in [-0.2, -0.15) is 0 Å². The fourth-order valence-corrected chi connectivity index (χ4v) is 3.11. The Morgan fingerprint density at radius 2 is 1.89 bits per heavy atom. The predicted octanol–water partition coefficient (Wildman–Crippen LogP) is 4.25. The largest absolute Gasteiger partial charge is 0.355 e. The molecular formula is C17H19NO. The molecule has 0 atom stereocenters. The van der Waals surface area contributed by atoms with Crippen molar-refractivity contribution in [2.24, 2.45) is 5.41 Å². The maximum absolute atomic E-state index is 11.9. The summed E-state index contributed by atoms with van der Waals surface area (Å²) in [4.78, 5) is 15.4. The Hall–Kier alpha value is -1.83. The number of benzene rings is 1. The average molecular weight is 253 g/mol. The van der Waals surface area contributed by atoms with Crippen molar-refractivity contribution in [2.45, 2.75) is 33.6 Å². The van der Waals surface area contributed by atoms with Gasteiger partial charge in [0, 0.05) is 23.0 Å². The topological polar surface area (TPSA) is 32.9 Å². The van der Waals surface area contributed by atoms with Crippen LogP contribution >= 0.6 is 0 Å². The minimum absolute atomic E-state index is 0.0604. The first-order valence-corrected chi connectivity index (χ1v) is 6.77. The van der Waals surface area contributed by atoms with E-state index in [1.54, 1.807) is 0 Å². The third-order valence-electron chi connectivity index (χ3n) is 3.94. The molecular weight excluding hydrogens is 234 g/mol. The number of hydrogen-bond donors (Lipinski definition) is 1. The fourth-order valence-electron chi connectivity index (χ4n) is 3.11. The molecule has 1 heterocycles. The lowest BCUT2D eigenvalue weighted by molar-refractivity contribution is -0.116. The second-order valence-corrected chi connectivity index (χ2v) is 6.32. The highest BCUT2D eigenvalue weighted by Gasteiger charge is 2.29. The van der Waals surface area contributed by atoms with E-state index >= 15 is 0 Å². The van der Waals surface area contributed by atoms with E-state index < -0.39 is 0 Å². The maximum atomic E-state index is 11.9. The first-order valence-electron chi connectivity index (χ1n) is 6.77. The number of carbonyl (C=O) groups is 1.